The SMILES string of the molecule is C[C@H]1CCCN(CC(=O)N[C@@H](C)c2ccc(Cl)cc2)C1. The van der Waals surface area contributed by atoms with Crippen LogP contribution >= 0.6 is 11.6 Å². The summed E-state index contributed by atoms with van der Waals surface area (Å²) in [6.07, 6.45) is 2.47. The molecule has 1 heterocycles. The van der Waals surface area contributed by atoms with Crippen LogP contribution in [-0.2, 0) is 4.79 Å². The van der Waals surface area contributed by atoms with Gasteiger partial charge in [-0.2, -0.15) is 0 Å². The van der Waals surface area contributed by atoms with E-state index in [0.29, 0.717) is 12.5 Å². The number of amides is 1. The van der Waals surface area contributed by atoms with E-state index in [-0.39, 0.29) is 11.9 Å². The third kappa shape index (κ3) is 4.50. The Morgan fingerprint density at radius 2 is 2.15 bits per heavy atom. The summed E-state index contributed by atoms with van der Waals surface area (Å²) in [5, 5.41) is 3.77. The Balaban J connectivity index is 1.83. The van der Waals surface area contributed by atoms with E-state index in [1.165, 1.54) is 12.8 Å². The van der Waals surface area contributed by atoms with E-state index in [1.54, 1.807) is 0 Å². The summed E-state index contributed by atoms with van der Waals surface area (Å²) in [5.41, 5.74) is 1.08. The molecule has 0 spiro atoms. The molecule has 1 aliphatic rings. The van der Waals surface area contributed by atoms with Crippen LogP contribution in [0.5, 0.6) is 0 Å². The van der Waals surface area contributed by atoms with Crippen LogP contribution in [0.2, 0.25) is 5.02 Å². The summed E-state index contributed by atoms with van der Waals surface area (Å²) in [4.78, 5) is 14.3. The van der Waals surface area contributed by atoms with E-state index in [0.717, 1.165) is 23.7 Å². The summed E-state index contributed by atoms with van der Waals surface area (Å²) in [5.74, 6) is 0.798. The summed E-state index contributed by atoms with van der Waals surface area (Å²) < 4.78 is 0. The smallest absolute Gasteiger partial charge is 0.234 e. The normalized spacial score (nSPS) is 21.4. The Bertz CT molecular complexity index is 446. The summed E-state index contributed by atoms with van der Waals surface area (Å²) >= 11 is 5.87. The average Bonchev–Trinajstić information content (AvgIpc) is 2.39. The lowest BCUT2D eigenvalue weighted by Gasteiger charge is -2.30. The van der Waals surface area contributed by atoms with Crippen molar-refractivity contribution in [2.75, 3.05) is 19.6 Å². The molecule has 0 aliphatic carbocycles. The van der Waals surface area contributed by atoms with Gasteiger partial charge in [-0.05, 0) is 49.9 Å². The molecule has 0 bridgehead atoms. The van der Waals surface area contributed by atoms with Crippen molar-refractivity contribution in [3.05, 3.63) is 34.9 Å². The van der Waals surface area contributed by atoms with E-state index in [2.05, 4.69) is 17.1 Å². The van der Waals surface area contributed by atoms with Crippen LogP contribution in [-0.4, -0.2) is 30.4 Å². The minimum atomic E-state index is 0.0157. The summed E-state index contributed by atoms with van der Waals surface area (Å²) in [7, 11) is 0. The molecule has 2 rings (SSSR count). The highest BCUT2D eigenvalue weighted by molar-refractivity contribution is 6.30. The Hall–Kier alpha value is -1.06. The zero-order valence-corrected chi connectivity index (χ0v) is 13.0. The topological polar surface area (TPSA) is 32.3 Å². The Labute approximate surface area is 126 Å². The quantitative estimate of drug-likeness (QED) is 0.924. The molecule has 1 amide bonds. The van der Waals surface area contributed by atoms with Crippen molar-refractivity contribution in [1.29, 1.82) is 0 Å². The average molecular weight is 295 g/mol. The lowest BCUT2D eigenvalue weighted by Crippen LogP contribution is -2.42. The molecule has 0 saturated carbocycles. The molecule has 2 atom stereocenters. The molecule has 110 valence electrons. The highest BCUT2D eigenvalue weighted by atomic mass is 35.5. The predicted molar refractivity (Wildman–Crippen MR) is 82.8 cm³/mol. The Morgan fingerprint density at radius 3 is 2.80 bits per heavy atom. The van der Waals surface area contributed by atoms with Gasteiger partial charge in [-0.25, -0.2) is 0 Å². The minimum absolute atomic E-state index is 0.0157. The first-order chi connectivity index (χ1) is 9.54. The Kier molecular flexibility index (Phi) is 5.44. The van der Waals surface area contributed by atoms with Gasteiger partial charge in [0.15, 0.2) is 0 Å². The van der Waals surface area contributed by atoms with Gasteiger partial charge in [-0.15, -0.1) is 0 Å². The van der Waals surface area contributed by atoms with Crippen LogP contribution in [0.3, 0.4) is 0 Å². The van der Waals surface area contributed by atoms with Crippen molar-refractivity contribution >= 4 is 17.5 Å². The number of halogens is 1. The monoisotopic (exact) mass is 294 g/mol. The number of carbonyl (C=O) groups excluding carboxylic acids is 1. The molecule has 1 fully saturated rings. The van der Waals surface area contributed by atoms with Crippen LogP contribution in [0.1, 0.15) is 38.3 Å². The largest absolute Gasteiger partial charge is 0.348 e. The fourth-order valence-corrected chi connectivity index (χ4v) is 2.88. The highest BCUT2D eigenvalue weighted by Crippen LogP contribution is 2.17. The van der Waals surface area contributed by atoms with Gasteiger partial charge >= 0.3 is 0 Å². The molecule has 1 N–H and O–H groups in total. The predicted octanol–water partition coefficient (Wildman–Crippen LogP) is 3.25. The van der Waals surface area contributed by atoms with Crippen molar-refractivity contribution < 1.29 is 4.79 Å². The second-order valence-electron chi connectivity index (χ2n) is 5.82. The lowest BCUT2D eigenvalue weighted by molar-refractivity contribution is -0.123. The molecule has 20 heavy (non-hydrogen) atoms. The molecular weight excluding hydrogens is 272 g/mol. The van der Waals surface area contributed by atoms with E-state index in [4.69, 9.17) is 11.6 Å². The van der Waals surface area contributed by atoms with E-state index < -0.39 is 0 Å². The Morgan fingerprint density at radius 1 is 1.45 bits per heavy atom. The number of hydrogen-bond acceptors (Lipinski definition) is 2. The third-order valence-electron chi connectivity index (χ3n) is 3.86. The van der Waals surface area contributed by atoms with Gasteiger partial charge in [0.05, 0.1) is 12.6 Å². The number of benzene rings is 1. The number of rotatable bonds is 4. The van der Waals surface area contributed by atoms with E-state index >= 15 is 0 Å². The molecule has 1 saturated heterocycles. The number of hydrogen-bond donors (Lipinski definition) is 1. The number of piperidine rings is 1. The molecule has 0 aromatic heterocycles. The maximum Gasteiger partial charge on any atom is 0.234 e. The molecule has 4 heteroatoms. The zero-order chi connectivity index (χ0) is 14.5. The van der Waals surface area contributed by atoms with Crippen molar-refractivity contribution in [2.24, 2.45) is 5.92 Å². The molecule has 0 radical (unpaired) electrons. The van der Waals surface area contributed by atoms with Gasteiger partial charge in [0.25, 0.3) is 0 Å². The van der Waals surface area contributed by atoms with Gasteiger partial charge in [-0.1, -0.05) is 30.7 Å². The summed E-state index contributed by atoms with van der Waals surface area (Å²) in [6, 6.07) is 7.63. The third-order valence-corrected chi connectivity index (χ3v) is 4.11. The van der Waals surface area contributed by atoms with Crippen LogP contribution in [0, 0.1) is 5.92 Å². The zero-order valence-electron chi connectivity index (χ0n) is 12.2. The van der Waals surface area contributed by atoms with Crippen molar-refractivity contribution in [3.8, 4) is 0 Å². The number of nitrogens with zero attached hydrogens (tertiary/aromatic N) is 1. The second-order valence-corrected chi connectivity index (χ2v) is 6.26. The first-order valence-corrected chi connectivity index (χ1v) is 7.69. The fraction of sp³-hybridized carbons (Fsp3) is 0.562. The second kappa shape index (κ2) is 7.09. The van der Waals surface area contributed by atoms with Gasteiger partial charge in [0.1, 0.15) is 0 Å². The van der Waals surface area contributed by atoms with E-state index in [9.17, 15) is 4.79 Å². The van der Waals surface area contributed by atoms with Gasteiger partial charge in [0, 0.05) is 11.6 Å². The standard InChI is InChI=1S/C16H23ClN2O/c1-12-4-3-9-19(10-12)11-16(20)18-13(2)14-5-7-15(17)8-6-14/h5-8,12-13H,3-4,9-11H2,1-2H3,(H,18,20)/t12-,13-/m0/s1. The molecule has 1 aromatic carbocycles. The number of nitrogens with one attached hydrogen (secondary N) is 1. The molecule has 1 aliphatic heterocycles. The lowest BCUT2D eigenvalue weighted by atomic mass is 10.0. The van der Waals surface area contributed by atoms with Gasteiger partial charge in [0.2, 0.25) is 5.91 Å². The molecular formula is C16H23ClN2O. The van der Waals surface area contributed by atoms with Gasteiger partial charge < -0.3 is 5.32 Å². The van der Waals surface area contributed by atoms with E-state index in [1.807, 2.05) is 31.2 Å². The van der Waals surface area contributed by atoms with Crippen LogP contribution in [0.4, 0.5) is 0 Å². The minimum Gasteiger partial charge on any atom is -0.348 e. The number of likely N-dealkylation sites (tertiary alicyclic amines) is 1. The highest BCUT2D eigenvalue weighted by Gasteiger charge is 2.19. The van der Waals surface area contributed by atoms with Crippen molar-refractivity contribution in [2.45, 2.75) is 32.7 Å². The van der Waals surface area contributed by atoms with Gasteiger partial charge in [-0.3, -0.25) is 9.69 Å². The fourth-order valence-electron chi connectivity index (χ4n) is 2.76. The summed E-state index contributed by atoms with van der Waals surface area (Å²) in [6.45, 7) is 6.82. The van der Waals surface area contributed by atoms with Crippen LogP contribution in [0.15, 0.2) is 24.3 Å². The van der Waals surface area contributed by atoms with Crippen LogP contribution in [0.25, 0.3) is 0 Å². The maximum absolute atomic E-state index is 12.1. The first kappa shape index (κ1) is 15.3. The molecule has 0 unspecified atom stereocenters. The molecule has 1 aromatic rings. The van der Waals surface area contributed by atoms with Crippen molar-refractivity contribution in [1.82, 2.24) is 10.2 Å². The molecule has 3 nitrogen and oxygen atoms in total. The van der Waals surface area contributed by atoms with Crippen molar-refractivity contribution in [3.63, 3.8) is 0 Å². The number of carbonyl (C=O) groups is 1. The maximum atomic E-state index is 12.1. The van der Waals surface area contributed by atoms with Crippen LogP contribution < -0.4 is 5.32 Å². The first-order valence-electron chi connectivity index (χ1n) is 7.32.